The fourth-order valence-electron chi connectivity index (χ4n) is 4.03. The molecule has 1 saturated heterocycles. The van der Waals surface area contributed by atoms with Crippen LogP contribution in [-0.4, -0.2) is 34.2 Å². The molecule has 7 nitrogen and oxygen atoms in total. The summed E-state index contributed by atoms with van der Waals surface area (Å²) >= 11 is 1.64. The summed E-state index contributed by atoms with van der Waals surface area (Å²) in [5.41, 5.74) is 2.80. The molecule has 1 N–H and O–H groups in total. The highest BCUT2D eigenvalue weighted by atomic mass is 32.1. The van der Waals surface area contributed by atoms with Crippen LogP contribution in [0.5, 0.6) is 0 Å². The van der Waals surface area contributed by atoms with Crippen LogP contribution in [0.3, 0.4) is 0 Å². The third-order valence-electron chi connectivity index (χ3n) is 5.95. The van der Waals surface area contributed by atoms with Gasteiger partial charge in [0.2, 0.25) is 5.91 Å². The second-order valence-electron chi connectivity index (χ2n) is 8.13. The maximum absolute atomic E-state index is 12.8. The van der Waals surface area contributed by atoms with Crippen LogP contribution in [-0.2, 0) is 11.3 Å². The van der Waals surface area contributed by atoms with Crippen LogP contribution in [0.15, 0.2) is 65.3 Å². The molecule has 168 valence electrons. The van der Waals surface area contributed by atoms with E-state index >= 15 is 0 Å². The standard InChI is InChI=1S/C25H25N5O2S/c1-17-22(33-25(27-17)19-6-3-2-4-7-19)16-26-24(31)18-11-13-30(14-12-18)23-10-9-20(28-29-23)21-8-5-15-32-21/h2-10,15,18H,11-14,16H2,1H3,(H,26,31). The first kappa shape index (κ1) is 21.3. The number of carbonyl (C=O) groups excluding carboxylic acids is 1. The van der Waals surface area contributed by atoms with Crippen molar-refractivity contribution in [1.29, 1.82) is 0 Å². The Morgan fingerprint density at radius 1 is 1.09 bits per heavy atom. The molecule has 0 radical (unpaired) electrons. The molecule has 0 unspecified atom stereocenters. The molecular formula is C25H25N5O2S. The quantitative estimate of drug-likeness (QED) is 0.450. The molecule has 1 fully saturated rings. The molecule has 4 heterocycles. The van der Waals surface area contributed by atoms with Gasteiger partial charge in [-0.25, -0.2) is 4.98 Å². The van der Waals surface area contributed by atoms with Gasteiger partial charge in [-0.05, 0) is 44.0 Å². The Morgan fingerprint density at radius 2 is 1.91 bits per heavy atom. The Morgan fingerprint density at radius 3 is 2.61 bits per heavy atom. The molecule has 3 aromatic heterocycles. The number of hydrogen-bond donors (Lipinski definition) is 1. The second-order valence-corrected chi connectivity index (χ2v) is 9.21. The largest absolute Gasteiger partial charge is 0.463 e. The van der Waals surface area contributed by atoms with Crippen LogP contribution in [0, 0.1) is 12.8 Å². The summed E-state index contributed by atoms with van der Waals surface area (Å²) in [5, 5.41) is 12.7. The monoisotopic (exact) mass is 459 g/mol. The van der Waals surface area contributed by atoms with Crippen molar-refractivity contribution in [3.63, 3.8) is 0 Å². The molecule has 1 aliphatic heterocycles. The van der Waals surface area contributed by atoms with Gasteiger partial charge in [0.05, 0.1) is 18.5 Å². The number of furan rings is 1. The van der Waals surface area contributed by atoms with E-state index < -0.39 is 0 Å². The number of thiazole rings is 1. The average Bonchev–Trinajstić information content (AvgIpc) is 3.54. The number of aromatic nitrogens is 3. The fourth-order valence-corrected chi connectivity index (χ4v) is 5.04. The zero-order chi connectivity index (χ0) is 22.6. The summed E-state index contributed by atoms with van der Waals surface area (Å²) in [7, 11) is 0. The normalized spacial score (nSPS) is 14.4. The Kier molecular flexibility index (Phi) is 6.17. The van der Waals surface area contributed by atoms with Gasteiger partial charge in [-0.3, -0.25) is 4.79 Å². The maximum Gasteiger partial charge on any atom is 0.223 e. The number of aryl methyl sites for hydroxylation is 1. The summed E-state index contributed by atoms with van der Waals surface area (Å²) in [6, 6.07) is 17.7. The molecular weight excluding hydrogens is 434 g/mol. The van der Waals surface area contributed by atoms with Crippen LogP contribution in [0.1, 0.15) is 23.4 Å². The number of benzene rings is 1. The Labute approximate surface area is 196 Å². The summed E-state index contributed by atoms with van der Waals surface area (Å²) < 4.78 is 5.37. The van der Waals surface area contributed by atoms with Crippen LogP contribution in [0.25, 0.3) is 22.0 Å². The highest BCUT2D eigenvalue weighted by Gasteiger charge is 2.26. The zero-order valence-electron chi connectivity index (χ0n) is 18.4. The maximum atomic E-state index is 12.8. The lowest BCUT2D eigenvalue weighted by Gasteiger charge is -2.31. The number of anilines is 1. The van der Waals surface area contributed by atoms with Crippen LogP contribution in [0.4, 0.5) is 5.82 Å². The summed E-state index contributed by atoms with van der Waals surface area (Å²) in [4.78, 5) is 20.8. The first-order valence-corrected chi connectivity index (χ1v) is 11.9. The Bertz CT molecular complexity index is 1200. The Balaban J connectivity index is 1.13. The van der Waals surface area contributed by atoms with Gasteiger partial charge in [0.15, 0.2) is 11.6 Å². The van der Waals surface area contributed by atoms with E-state index in [0.717, 1.165) is 52.9 Å². The van der Waals surface area contributed by atoms with Gasteiger partial charge in [0, 0.05) is 29.4 Å². The minimum absolute atomic E-state index is 0.0124. The smallest absolute Gasteiger partial charge is 0.223 e. The molecule has 4 aromatic rings. The second kappa shape index (κ2) is 9.54. The number of piperidine rings is 1. The van der Waals surface area contributed by atoms with Gasteiger partial charge in [-0.1, -0.05) is 30.3 Å². The number of amides is 1. The first-order valence-electron chi connectivity index (χ1n) is 11.1. The predicted molar refractivity (Wildman–Crippen MR) is 129 cm³/mol. The average molecular weight is 460 g/mol. The number of nitrogens with zero attached hydrogens (tertiary/aromatic N) is 4. The van der Waals surface area contributed by atoms with E-state index in [1.807, 2.05) is 49.4 Å². The van der Waals surface area contributed by atoms with Gasteiger partial charge >= 0.3 is 0 Å². The van der Waals surface area contributed by atoms with Gasteiger partial charge < -0.3 is 14.6 Å². The number of hydrogen-bond acceptors (Lipinski definition) is 7. The van der Waals surface area contributed by atoms with Gasteiger partial charge in [0.25, 0.3) is 0 Å². The van der Waals surface area contributed by atoms with Crippen LogP contribution >= 0.6 is 11.3 Å². The van der Waals surface area contributed by atoms with E-state index in [1.54, 1.807) is 17.6 Å². The molecule has 0 atom stereocenters. The summed E-state index contributed by atoms with van der Waals surface area (Å²) in [6.07, 6.45) is 3.22. The molecule has 8 heteroatoms. The van der Waals surface area contributed by atoms with E-state index in [9.17, 15) is 4.79 Å². The SMILES string of the molecule is Cc1nc(-c2ccccc2)sc1CNC(=O)C1CCN(c2ccc(-c3ccco3)nn2)CC1. The molecule has 0 bridgehead atoms. The predicted octanol–water partition coefficient (Wildman–Crippen LogP) is 4.70. The van der Waals surface area contributed by atoms with Gasteiger partial charge in [-0.2, -0.15) is 0 Å². The molecule has 33 heavy (non-hydrogen) atoms. The zero-order valence-corrected chi connectivity index (χ0v) is 19.2. The van der Waals surface area contributed by atoms with E-state index in [1.165, 1.54) is 0 Å². The lowest BCUT2D eigenvalue weighted by Crippen LogP contribution is -2.40. The minimum atomic E-state index is 0.0124. The summed E-state index contributed by atoms with van der Waals surface area (Å²) in [6.45, 7) is 4.09. The number of rotatable bonds is 6. The van der Waals surface area contributed by atoms with E-state index in [2.05, 4.69) is 37.5 Å². The van der Waals surface area contributed by atoms with Gasteiger partial charge in [0.1, 0.15) is 10.7 Å². The molecule has 1 aliphatic rings. The lowest BCUT2D eigenvalue weighted by atomic mass is 9.96. The van der Waals surface area contributed by atoms with Crippen molar-refractivity contribution < 1.29 is 9.21 Å². The van der Waals surface area contributed by atoms with Crippen molar-refractivity contribution in [3.05, 3.63) is 71.4 Å². The molecule has 1 amide bonds. The first-order chi connectivity index (χ1) is 16.2. The van der Waals surface area contributed by atoms with Crippen molar-refractivity contribution in [3.8, 4) is 22.0 Å². The van der Waals surface area contributed by atoms with Crippen molar-refractivity contribution in [2.75, 3.05) is 18.0 Å². The molecule has 0 aliphatic carbocycles. The van der Waals surface area contributed by atoms with Crippen molar-refractivity contribution in [2.24, 2.45) is 5.92 Å². The molecule has 0 saturated carbocycles. The minimum Gasteiger partial charge on any atom is -0.463 e. The van der Waals surface area contributed by atoms with Crippen molar-refractivity contribution in [2.45, 2.75) is 26.3 Å². The third-order valence-corrected chi connectivity index (χ3v) is 7.16. The number of carbonyl (C=O) groups is 1. The van der Waals surface area contributed by atoms with Crippen LogP contribution < -0.4 is 10.2 Å². The van der Waals surface area contributed by atoms with Crippen molar-refractivity contribution >= 4 is 23.1 Å². The van der Waals surface area contributed by atoms with Gasteiger partial charge in [-0.15, -0.1) is 21.5 Å². The topological polar surface area (TPSA) is 84.2 Å². The van der Waals surface area contributed by atoms with E-state index in [4.69, 9.17) is 4.42 Å². The van der Waals surface area contributed by atoms with Crippen molar-refractivity contribution in [1.82, 2.24) is 20.5 Å². The Hall–Kier alpha value is -3.52. The summed E-state index contributed by atoms with van der Waals surface area (Å²) in [5.74, 6) is 1.66. The van der Waals surface area contributed by atoms with Crippen LogP contribution in [0.2, 0.25) is 0 Å². The molecule has 0 spiro atoms. The highest BCUT2D eigenvalue weighted by Crippen LogP contribution is 2.28. The molecule has 1 aromatic carbocycles. The lowest BCUT2D eigenvalue weighted by molar-refractivity contribution is -0.125. The third kappa shape index (κ3) is 4.80. The number of nitrogens with one attached hydrogen (secondary N) is 1. The van der Waals surface area contributed by atoms with E-state index in [0.29, 0.717) is 18.0 Å². The molecule has 5 rings (SSSR count). The van der Waals surface area contributed by atoms with E-state index in [-0.39, 0.29) is 11.8 Å². The highest BCUT2D eigenvalue weighted by molar-refractivity contribution is 7.15. The fraction of sp³-hybridized carbons (Fsp3) is 0.280.